The summed E-state index contributed by atoms with van der Waals surface area (Å²) in [5, 5.41) is 9.89. The van der Waals surface area contributed by atoms with Crippen molar-refractivity contribution in [2.24, 2.45) is 5.92 Å². The molecule has 0 radical (unpaired) electrons. The van der Waals surface area contributed by atoms with Crippen molar-refractivity contribution in [2.45, 2.75) is 32.0 Å². The van der Waals surface area contributed by atoms with E-state index in [-0.39, 0.29) is 18.0 Å². The maximum atomic E-state index is 12.1. The highest BCUT2D eigenvalue weighted by atomic mass is 16.4. The van der Waals surface area contributed by atoms with Crippen LogP contribution in [0.4, 0.5) is 0 Å². The van der Waals surface area contributed by atoms with Gasteiger partial charge >= 0.3 is 5.97 Å². The van der Waals surface area contributed by atoms with Gasteiger partial charge in [-0.05, 0) is 24.1 Å². The van der Waals surface area contributed by atoms with E-state index in [0.717, 1.165) is 17.7 Å². The van der Waals surface area contributed by atoms with Crippen LogP contribution in [0.3, 0.4) is 0 Å². The zero-order chi connectivity index (χ0) is 21.5. The predicted octanol–water partition coefficient (Wildman–Crippen LogP) is 2.31. The Balaban J connectivity index is 1.38. The van der Waals surface area contributed by atoms with Gasteiger partial charge in [0, 0.05) is 43.1 Å². The van der Waals surface area contributed by atoms with Gasteiger partial charge in [-0.2, -0.15) is 0 Å². The standard InChI is InChI=1S/C25H25N3O3/c1-17(29)27-15-21-12-20(24(25(30)31)28-16-22(27)23(21)28)10-9-19-8-5-11-26(14-19)13-18-6-3-2-4-7-18/h2-11,14,21-23H,12-13,15-16H2,1H3/p+1/b10-9+/t21?,22?,23-/m1/s1. The van der Waals surface area contributed by atoms with Crippen LogP contribution in [0.15, 0.2) is 72.2 Å². The van der Waals surface area contributed by atoms with E-state index < -0.39 is 5.97 Å². The fraction of sp³-hybridized carbons (Fsp3) is 0.320. The summed E-state index contributed by atoms with van der Waals surface area (Å²) in [7, 11) is 0. The molecule has 5 rings (SSSR count). The Kier molecular flexibility index (Phi) is 4.85. The SMILES string of the molecule is CC(=O)N1CC2CC(/C=C/c3ccc[n+](Cc4ccccc4)c3)=C(C(=O)O)N3CC1[C@@H]23. The highest BCUT2D eigenvalue weighted by Crippen LogP contribution is 2.46. The topological polar surface area (TPSA) is 64.7 Å². The molecule has 158 valence electrons. The maximum Gasteiger partial charge on any atom is 0.352 e. The van der Waals surface area contributed by atoms with Crippen LogP contribution in [-0.4, -0.2) is 52.0 Å². The molecule has 0 saturated carbocycles. The number of pyridine rings is 1. The van der Waals surface area contributed by atoms with E-state index in [1.165, 1.54) is 5.56 Å². The molecule has 31 heavy (non-hydrogen) atoms. The number of allylic oxidation sites excluding steroid dienone is 2. The number of aromatic nitrogens is 1. The zero-order valence-corrected chi connectivity index (χ0v) is 17.5. The Labute approximate surface area is 181 Å². The summed E-state index contributed by atoms with van der Waals surface area (Å²) in [5.41, 5.74) is 3.49. The maximum absolute atomic E-state index is 12.1. The number of amides is 1. The Bertz CT molecular complexity index is 1090. The van der Waals surface area contributed by atoms with Gasteiger partial charge in [-0.1, -0.05) is 36.4 Å². The second-order valence-electron chi connectivity index (χ2n) is 8.65. The molecule has 1 amide bonds. The number of carboxylic acid groups (broad SMARTS) is 1. The van der Waals surface area contributed by atoms with Crippen LogP contribution in [0.1, 0.15) is 24.5 Å². The summed E-state index contributed by atoms with van der Waals surface area (Å²) in [6.07, 6.45) is 8.74. The fourth-order valence-electron chi connectivity index (χ4n) is 5.34. The smallest absolute Gasteiger partial charge is 0.352 e. The van der Waals surface area contributed by atoms with Gasteiger partial charge in [0.1, 0.15) is 5.70 Å². The number of hydrogen-bond donors (Lipinski definition) is 1. The molecule has 3 atom stereocenters. The van der Waals surface area contributed by atoms with Crippen LogP contribution in [0.5, 0.6) is 0 Å². The molecule has 2 fully saturated rings. The van der Waals surface area contributed by atoms with Crippen molar-refractivity contribution < 1.29 is 19.3 Å². The van der Waals surface area contributed by atoms with Crippen molar-refractivity contribution in [3.8, 4) is 0 Å². The van der Waals surface area contributed by atoms with Crippen molar-refractivity contribution in [1.82, 2.24) is 9.80 Å². The highest BCUT2D eigenvalue weighted by molar-refractivity contribution is 5.89. The Morgan fingerprint density at radius 1 is 1.13 bits per heavy atom. The van der Waals surface area contributed by atoms with Gasteiger partial charge in [0.15, 0.2) is 18.9 Å². The number of nitrogens with zero attached hydrogens (tertiary/aromatic N) is 3. The molecule has 1 aromatic heterocycles. The minimum absolute atomic E-state index is 0.0836. The average Bonchev–Trinajstić information content (AvgIpc) is 3.06. The molecular weight excluding hydrogens is 390 g/mol. The number of likely N-dealkylation sites (tertiary alicyclic amines) is 1. The average molecular weight is 417 g/mol. The normalized spacial score (nSPS) is 24.4. The molecule has 6 nitrogen and oxygen atoms in total. The molecule has 2 unspecified atom stereocenters. The Morgan fingerprint density at radius 3 is 2.68 bits per heavy atom. The van der Waals surface area contributed by atoms with E-state index in [2.05, 4.69) is 22.9 Å². The van der Waals surface area contributed by atoms with Crippen LogP contribution in [-0.2, 0) is 16.1 Å². The molecule has 3 aliphatic rings. The van der Waals surface area contributed by atoms with Gasteiger partial charge in [0.25, 0.3) is 0 Å². The molecule has 6 heteroatoms. The van der Waals surface area contributed by atoms with Gasteiger partial charge in [0.2, 0.25) is 5.91 Å². The highest BCUT2D eigenvalue weighted by Gasteiger charge is 2.57. The largest absolute Gasteiger partial charge is 0.477 e. The van der Waals surface area contributed by atoms with Gasteiger partial charge < -0.3 is 14.9 Å². The van der Waals surface area contributed by atoms with Crippen LogP contribution < -0.4 is 4.57 Å². The third-order valence-corrected chi connectivity index (χ3v) is 6.70. The third-order valence-electron chi connectivity index (χ3n) is 6.70. The molecule has 1 aromatic carbocycles. The van der Waals surface area contributed by atoms with Crippen molar-refractivity contribution in [3.63, 3.8) is 0 Å². The first kappa shape index (κ1) is 19.5. The Morgan fingerprint density at radius 2 is 1.94 bits per heavy atom. The fourth-order valence-corrected chi connectivity index (χ4v) is 5.34. The number of carboxylic acids is 1. The third kappa shape index (κ3) is 3.52. The molecule has 0 aliphatic carbocycles. The molecule has 4 heterocycles. The molecule has 0 spiro atoms. The summed E-state index contributed by atoms with van der Waals surface area (Å²) in [4.78, 5) is 27.9. The lowest BCUT2D eigenvalue weighted by molar-refractivity contribution is -0.688. The van der Waals surface area contributed by atoms with Gasteiger partial charge in [-0.3, -0.25) is 4.79 Å². The van der Waals surface area contributed by atoms with Crippen molar-refractivity contribution in [2.75, 3.05) is 13.1 Å². The van der Waals surface area contributed by atoms with E-state index in [9.17, 15) is 14.7 Å². The van der Waals surface area contributed by atoms with Crippen LogP contribution >= 0.6 is 0 Å². The lowest BCUT2D eigenvalue weighted by Gasteiger charge is -2.52. The summed E-state index contributed by atoms with van der Waals surface area (Å²) in [6, 6.07) is 14.6. The molecule has 1 N–H and O–H groups in total. The second-order valence-corrected chi connectivity index (χ2v) is 8.65. The molecule has 3 aliphatic heterocycles. The van der Waals surface area contributed by atoms with Crippen LogP contribution in [0, 0.1) is 5.92 Å². The van der Waals surface area contributed by atoms with E-state index in [0.29, 0.717) is 31.1 Å². The molecule has 2 saturated heterocycles. The summed E-state index contributed by atoms with van der Waals surface area (Å²) in [5.74, 6) is -0.505. The first-order valence-electron chi connectivity index (χ1n) is 10.7. The summed E-state index contributed by atoms with van der Waals surface area (Å²) >= 11 is 0. The summed E-state index contributed by atoms with van der Waals surface area (Å²) in [6.45, 7) is 3.72. The molecular formula is C25H26N3O3+. The van der Waals surface area contributed by atoms with E-state index in [4.69, 9.17) is 0 Å². The minimum Gasteiger partial charge on any atom is -0.477 e. The number of carbonyl (C=O) groups excluding carboxylic acids is 1. The zero-order valence-electron chi connectivity index (χ0n) is 17.5. The molecule has 0 bridgehead atoms. The van der Waals surface area contributed by atoms with E-state index in [1.54, 1.807) is 6.92 Å². The van der Waals surface area contributed by atoms with Gasteiger partial charge in [-0.15, -0.1) is 0 Å². The number of rotatable bonds is 5. The number of aliphatic carboxylic acids is 1. The monoisotopic (exact) mass is 416 g/mol. The number of benzene rings is 1. The number of hydrogen-bond acceptors (Lipinski definition) is 3. The van der Waals surface area contributed by atoms with Crippen molar-refractivity contribution >= 4 is 18.0 Å². The second kappa shape index (κ2) is 7.69. The quantitative estimate of drug-likeness (QED) is 0.760. The lowest BCUT2D eigenvalue weighted by Crippen LogP contribution is -2.65. The lowest BCUT2D eigenvalue weighted by atomic mass is 9.79. The first-order chi connectivity index (χ1) is 15.0. The van der Waals surface area contributed by atoms with Gasteiger partial charge in [0.05, 0.1) is 12.1 Å². The summed E-state index contributed by atoms with van der Waals surface area (Å²) < 4.78 is 2.13. The van der Waals surface area contributed by atoms with E-state index >= 15 is 0 Å². The minimum atomic E-state index is -0.884. The van der Waals surface area contributed by atoms with Crippen LogP contribution in [0.2, 0.25) is 0 Å². The molecule has 2 aromatic rings. The Hall–Kier alpha value is -3.41. The predicted molar refractivity (Wildman–Crippen MR) is 116 cm³/mol. The van der Waals surface area contributed by atoms with Crippen molar-refractivity contribution in [1.29, 1.82) is 0 Å². The first-order valence-corrected chi connectivity index (χ1v) is 10.7. The van der Waals surface area contributed by atoms with Crippen molar-refractivity contribution in [3.05, 3.63) is 83.3 Å². The van der Waals surface area contributed by atoms with Crippen LogP contribution in [0.25, 0.3) is 6.08 Å². The number of carbonyl (C=O) groups is 2. The van der Waals surface area contributed by atoms with E-state index in [1.807, 2.05) is 58.5 Å². The van der Waals surface area contributed by atoms with Gasteiger partial charge in [-0.25, -0.2) is 9.36 Å².